The molecule has 0 aliphatic carbocycles. The standard InChI is InChI=1S/C30H29N7O4S4/c1-19-34-27(18-35(19)2)45(40,41)36-16-21(22-9-13-42-29(22)36)8-12-32-25(15-31)24-17-37(30-23(24)10-14-43-30)44(38,39)26-7-3-5-20-6-4-11-33-28(20)26/h3-7,9-11,13-14,16-18,25,32H,8,12,15,31H2,1-2H3. The minimum atomic E-state index is -3.97. The number of nitrogens with zero attached hydrogens (tertiary/aromatic N) is 5. The van der Waals surface area contributed by atoms with Gasteiger partial charge < -0.3 is 15.6 Å². The number of rotatable bonds is 10. The van der Waals surface area contributed by atoms with Crippen molar-refractivity contribution in [3.05, 3.63) is 95.0 Å². The van der Waals surface area contributed by atoms with Crippen LogP contribution in [0.1, 0.15) is 23.0 Å². The first-order valence-electron chi connectivity index (χ1n) is 14.1. The fourth-order valence-electron chi connectivity index (χ4n) is 5.61. The number of aromatic nitrogens is 5. The molecule has 3 N–H and O–H groups in total. The second kappa shape index (κ2) is 11.2. The van der Waals surface area contributed by atoms with Crippen LogP contribution in [-0.4, -0.2) is 52.4 Å². The quantitative estimate of drug-likeness (QED) is 0.213. The number of para-hydroxylation sites is 1. The number of benzene rings is 1. The molecule has 0 fully saturated rings. The van der Waals surface area contributed by atoms with Crippen molar-refractivity contribution >= 4 is 74.1 Å². The molecule has 7 rings (SSSR count). The van der Waals surface area contributed by atoms with E-state index in [0.29, 0.717) is 34.0 Å². The van der Waals surface area contributed by atoms with Crippen LogP contribution in [0.25, 0.3) is 31.3 Å². The molecule has 7 aromatic rings. The summed E-state index contributed by atoms with van der Waals surface area (Å²) in [4.78, 5) is 9.98. The van der Waals surface area contributed by atoms with Crippen LogP contribution in [0.4, 0.5) is 0 Å². The van der Waals surface area contributed by atoms with E-state index in [1.54, 1.807) is 55.3 Å². The predicted octanol–water partition coefficient (Wildman–Crippen LogP) is 4.62. The Labute approximate surface area is 267 Å². The third-order valence-corrected chi connectivity index (χ3v) is 13.3. The SMILES string of the molecule is Cc1nc(S(=O)(=O)n2cc(CCNC(CN)c3cn(S(=O)(=O)c4cccc5cccnc45)c4sccc34)c3ccsc32)cn1C. The van der Waals surface area contributed by atoms with Crippen molar-refractivity contribution in [1.82, 2.24) is 27.8 Å². The maximum absolute atomic E-state index is 14.0. The van der Waals surface area contributed by atoms with Gasteiger partial charge in [0.15, 0.2) is 5.03 Å². The van der Waals surface area contributed by atoms with E-state index in [9.17, 15) is 16.8 Å². The van der Waals surface area contributed by atoms with Gasteiger partial charge in [-0.15, -0.1) is 22.7 Å². The van der Waals surface area contributed by atoms with E-state index in [1.165, 1.54) is 36.8 Å². The van der Waals surface area contributed by atoms with Crippen molar-refractivity contribution in [2.75, 3.05) is 13.1 Å². The van der Waals surface area contributed by atoms with Gasteiger partial charge in [-0.1, -0.05) is 18.2 Å². The number of fused-ring (bicyclic) bond motifs is 3. The summed E-state index contributed by atoms with van der Waals surface area (Å²) in [5.41, 5.74) is 8.31. The molecule has 1 aromatic carbocycles. The topological polar surface area (TPSA) is 147 Å². The lowest BCUT2D eigenvalue weighted by molar-refractivity contribution is 0.547. The number of nitrogens with two attached hydrogens (primary N) is 1. The summed E-state index contributed by atoms with van der Waals surface area (Å²) >= 11 is 2.71. The molecule has 45 heavy (non-hydrogen) atoms. The highest BCUT2D eigenvalue weighted by Crippen LogP contribution is 2.35. The summed E-state index contributed by atoms with van der Waals surface area (Å²) in [7, 11) is -6.09. The largest absolute Gasteiger partial charge is 0.337 e. The Morgan fingerprint density at radius 2 is 1.62 bits per heavy atom. The molecule has 0 aliphatic heterocycles. The average Bonchev–Trinajstić information content (AvgIpc) is 3.84. The van der Waals surface area contributed by atoms with Gasteiger partial charge >= 0.3 is 0 Å². The highest BCUT2D eigenvalue weighted by molar-refractivity contribution is 7.90. The zero-order valence-electron chi connectivity index (χ0n) is 24.3. The molecule has 11 nitrogen and oxygen atoms in total. The van der Waals surface area contributed by atoms with Gasteiger partial charge in [0.1, 0.15) is 20.4 Å². The van der Waals surface area contributed by atoms with Crippen molar-refractivity contribution in [2.45, 2.75) is 29.3 Å². The molecular weight excluding hydrogens is 651 g/mol. The maximum Gasteiger partial charge on any atom is 0.287 e. The predicted molar refractivity (Wildman–Crippen MR) is 178 cm³/mol. The van der Waals surface area contributed by atoms with Crippen molar-refractivity contribution in [1.29, 1.82) is 0 Å². The van der Waals surface area contributed by atoms with E-state index < -0.39 is 20.0 Å². The van der Waals surface area contributed by atoms with Gasteiger partial charge in [0.05, 0.1) is 5.52 Å². The number of nitrogens with one attached hydrogen (secondary N) is 1. The molecule has 0 spiro atoms. The molecule has 0 amide bonds. The lowest BCUT2D eigenvalue weighted by Crippen LogP contribution is -2.29. The first kappa shape index (κ1) is 29.8. The van der Waals surface area contributed by atoms with Crippen LogP contribution in [0, 0.1) is 6.92 Å². The minimum Gasteiger partial charge on any atom is -0.337 e. The monoisotopic (exact) mass is 679 g/mol. The van der Waals surface area contributed by atoms with E-state index >= 15 is 0 Å². The van der Waals surface area contributed by atoms with Gasteiger partial charge in [-0.3, -0.25) is 4.98 Å². The average molecular weight is 680 g/mol. The molecule has 0 saturated carbocycles. The lowest BCUT2D eigenvalue weighted by Gasteiger charge is -2.16. The van der Waals surface area contributed by atoms with Crippen molar-refractivity contribution in [3.63, 3.8) is 0 Å². The molecule has 1 unspecified atom stereocenters. The zero-order valence-corrected chi connectivity index (χ0v) is 27.5. The third-order valence-electron chi connectivity index (χ3n) is 8.01. The summed E-state index contributed by atoms with van der Waals surface area (Å²) in [5, 5.41) is 9.65. The summed E-state index contributed by atoms with van der Waals surface area (Å²) in [6.45, 7) is 2.47. The van der Waals surface area contributed by atoms with Gasteiger partial charge in [-0.25, -0.2) is 21.3 Å². The van der Waals surface area contributed by atoms with Gasteiger partial charge in [-0.2, -0.15) is 8.42 Å². The lowest BCUT2D eigenvalue weighted by atomic mass is 10.1. The van der Waals surface area contributed by atoms with Crippen molar-refractivity contribution in [2.24, 2.45) is 12.8 Å². The number of thiophene rings is 2. The summed E-state index contributed by atoms with van der Waals surface area (Å²) in [6, 6.07) is 12.2. The molecule has 1 atom stereocenters. The summed E-state index contributed by atoms with van der Waals surface area (Å²) in [5.74, 6) is 0.607. The smallest absolute Gasteiger partial charge is 0.287 e. The Bertz CT molecular complexity index is 2410. The van der Waals surface area contributed by atoms with Crippen molar-refractivity contribution < 1.29 is 16.8 Å². The van der Waals surface area contributed by atoms with Crippen LogP contribution in [0.15, 0.2) is 87.9 Å². The fraction of sp³-hybridized carbons (Fsp3) is 0.200. The van der Waals surface area contributed by atoms with Gasteiger partial charge in [-0.05, 0) is 66.0 Å². The Balaban J connectivity index is 1.17. The second-order valence-electron chi connectivity index (χ2n) is 10.7. The Morgan fingerprint density at radius 3 is 2.36 bits per heavy atom. The minimum absolute atomic E-state index is 0.000744. The van der Waals surface area contributed by atoms with Crippen LogP contribution in [0.2, 0.25) is 0 Å². The molecule has 0 radical (unpaired) electrons. The Hall–Kier alpha value is -3.86. The number of imidazole rings is 1. The first-order chi connectivity index (χ1) is 21.6. The van der Waals surface area contributed by atoms with Gasteiger partial charge in [0.25, 0.3) is 20.0 Å². The van der Waals surface area contributed by atoms with Crippen LogP contribution >= 0.6 is 22.7 Å². The fourth-order valence-corrected chi connectivity index (χ4v) is 10.8. The molecule has 15 heteroatoms. The summed E-state index contributed by atoms with van der Waals surface area (Å²) < 4.78 is 59.3. The zero-order chi connectivity index (χ0) is 31.5. The first-order valence-corrected chi connectivity index (χ1v) is 18.7. The number of pyridine rings is 1. The van der Waals surface area contributed by atoms with Crippen LogP contribution in [0.3, 0.4) is 0 Å². The van der Waals surface area contributed by atoms with Crippen LogP contribution in [-0.2, 0) is 33.5 Å². The molecule has 0 bridgehead atoms. The molecular formula is C30H29N7O4S4. The number of aryl methyl sites for hydroxylation is 2. The summed E-state index contributed by atoms with van der Waals surface area (Å²) in [6.07, 6.45) is 6.95. The van der Waals surface area contributed by atoms with Gasteiger partial charge in [0, 0.05) is 60.6 Å². The highest BCUT2D eigenvalue weighted by Gasteiger charge is 2.28. The normalized spacial score (nSPS) is 13.4. The highest BCUT2D eigenvalue weighted by atomic mass is 32.2. The Kier molecular flexibility index (Phi) is 7.42. The van der Waals surface area contributed by atoms with Crippen molar-refractivity contribution in [3.8, 4) is 0 Å². The van der Waals surface area contributed by atoms with E-state index in [-0.39, 0.29) is 22.5 Å². The van der Waals surface area contributed by atoms with Gasteiger partial charge in [0.2, 0.25) is 0 Å². The maximum atomic E-state index is 14.0. The third kappa shape index (κ3) is 4.90. The van der Waals surface area contributed by atoms with E-state index in [0.717, 1.165) is 27.3 Å². The number of hydrogen-bond donors (Lipinski definition) is 2. The van der Waals surface area contributed by atoms with E-state index in [1.807, 2.05) is 35.0 Å². The van der Waals surface area contributed by atoms with E-state index in [2.05, 4.69) is 15.3 Å². The van der Waals surface area contributed by atoms with Crippen LogP contribution < -0.4 is 11.1 Å². The molecule has 0 aliphatic rings. The second-order valence-corrected chi connectivity index (χ2v) is 16.0. The van der Waals surface area contributed by atoms with Crippen LogP contribution in [0.5, 0.6) is 0 Å². The molecule has 6 heterocycles. The number of hydrogen-bond acceptors (Lipinski definition) is 10. The molecule has 6 aromatic heterocycles. The molecule has 0 saturated heterocycles. The molecule has 232 valence electrons. The Morgan fingerprint density at radius 1 is 0.911 bits per heavy atom. The van der Waals surface area contributed by atoms with E-state index in [4.69, 9.17) is 5.73 Å².